The standard InChI is InChI=1S/C19H23ClO8/c1-11(21)26-9-12-13(20)7-8-14(16(12)18(23)28-19(2,3)4)27-15(10-24-5)17(22)25-6/h7-8,10H,9H2,1-6H3. The van der Waals surface area contributed by atoms with Gasteiger partial charge in [0.05, 0.1) is 14.2 Å². The summed E-state index contributed by atoms with van der Waals surface area (Å²) in [6, 6.07) is 2.82. The lowest BCUT2D eigenvalue weighted by molar-refractivity contribution is -0.142. The maximum Gasteiger partial charge on any atom is 0.377 e. The van der Waals surface area contributed by atoms with E-state index < -0.39 is 23.5 Å². The molecule has 0 amide bonds. The van der Waals surface area contributed by atoms with Gasteiger partial charge in [0.15, 0.2) is 0 Å². The van der Waals surface area contributed by atoms with Crippen LogP contribution in [0, 0.1) is 0 Å². The first-order valence-electron chi connectivity index (χ1n) is 8.17. The second-order valence-electron chi connectivity index (χ2n) is 6.49. The molecule has 0 heterocycles. The van der Waals surface area contributed by atoms with Crippen LogP contribution in [0.2, 0.25) is 5.02 Å². The predicted molar refractivity (Wildman–Crippen MR) is 99.8 cm³/mol. The normalized spacial score (nSPS) is 11.5. The summed E-state index contributed by atoms with van der Waals surface area (Å²) in [5, 5.41) is 0.157. The van der Waals surface area contributed by atoms with Crippen LogP contribution in [0.3, 0.4) is 0 Å². The zero-order chi connectivity index (χ0) is 21.5. The molecule has 1 aromatic rings. The smallest absolute Gasteiger partial charge is 0.377 e. The average Bonchev–Trinajstić information content (AvgIpc) is 2.58. The lowest BCUT2D eigenvalue weighted by Gasteiger charge is -2.22. The highest BCUT2D eigenvalue weighted by Crippen LogP contribution is 2.32. The first kappa shape index (κ1) is 23.3. The number of hydrogen-bond acceptors (Lipinski definition) is 8. The maximum absolute atomic E-state index is 12.8. The molecule has 0 saturated heterocycles. The highest BCUT2D eigenvalue weighted by atomic mass is 35.5. The molecule has 0 aliphatic heterocycles. The van der Waals surface area contributed by atoms with Crippen LogP contribution in [0.1, 0.15) is 43.6 Å². The highest BCUT2D eigenvalue weighted by molar-refractivity contribution is 6.32. The fraction of sp³-hybridized carbons (Fsp3) is 0.421. The number of methoxy groups -OCH3 is 2. The summed E-state index contributed by atoms with van der Waals surface area (Å²) in [6.45, 7) is 5.99. The Morgan fingerprint density at radius 2 is 1.79 bits per heavy atom. The van der Waals surface area contributed by atoms with E-state index in [4.69, 9.17) is 30.5 Å². The number of ether oxygens (including phenoxy) is 5. The minimum atomic E-state index is -0.825. The van der Waals surface area contributed by atoms with Crippen LogP contribution < -0.4 is 4.74 Å². The minimum Gasteiger partial charge on any atom is -0.500 e. The predicted octanol–water partition coefficient (Wildman–Crippen LogP) is 3.40. The van der Waals surface area contributed by atoms with E-state index in [0.717, 1.165) is 13.4 Å². The van der Waals surface area contributed by atoms with Gasteiger partial charge < -0.3 is 23.7 Å². The van der Waals surface area contributed by atoms with E-state index in [9.17, 15) is 14.4 Å². The summed E-state index contributed by atoms with van der Waals surface area (Å²) >= 11 is 6.20. The van der Waals surface area contributed by atoms with Crippen LogP contribution in [0.4, 0.5) is 0 Å². The third-order valence-electron chi connectivity index (χ3n) is 3.07. The van der Waals surface area contributed by atoms with E-state index in [2.05, 4.69) is 4.74 Å². The maximum atomic E-state index is 12.8. The number of halogens is 1. The minimum absolute atomic E-state index is 0.0468. The van der Waals surface area contributed by atoms with Gasteiger partial charge in [-0.3, -0.25) is 4.79 Å². The van der Waals surface area contributed by atoms with Gasteiger partial charge in [0.25, 0.3) is 0 Å². The van der Waals surface area contributed by atoms with Crippen LogP contribution in [0.25, 0.3) is 0 Å². The second-order valence-corrected chi connectivity index (χ2v) is 6.90. The van der Waals surface area contributed by atoms with E-state index in [1.54, 1.807) is 20.8 Å². The van der Waals surface area contributed by atoms with Gasteiger partial charge in [0.1, 0.15) is 29.8 Å². The quantitative estimate of drug-likeness (QED) is 0.290. The summed E-state index contributed by atoms with van der Waals surface area (Å²) in [6.07, 6.45) is 1.02. The molecule has 0 bridgehead atoms. The van der Waals surface area contributed by atoms with Crippen LogP contribution in [-0.4, -0.2) is 37.7 Å². The highest BCUT2D eigenvalue weighted by Gasteiger charge is 2.28. The number of hydrogen-bond donors (Lipinski definition) is 0. The van der Waals surface area contributed by atoms with Crippen molar-refractivity contribution in [3.63, 3.8) is 0 Å². The van der Waals surface area contributed by atoms with Crippen molar-refractivity contribution in [2.24, 2.45) is 0 Å². The number of carbonyl (C=O) groups is 3. The van der Waals surface area contributed by atoms with Crippen LogP contribution in [0.15, 0.2) is 24.2 Å². The molecule has 0 saturated carbocycles. The molecule has 28 heavy (non-hydrogen) atoms. The van der Waals surface area contributed by atoms with Crippen LogP contribution >= 0.6 is 11.6 Å². The Labute approximate surface area is 168 Å². The molecular weight excluding hydrogens is 392 g/mol. The topological polar surface area (TPSA) is 97.4 Å². The number of carbonyl (C=O) groups excluding carboxylic acids is 3. The van der Waals surface area contributed by atoms with Crippen molar-refractivity contribution in [3.05, 3.63) is 40.3 Å². The lowest BCUT2D eigenvalue weighted by Crippen LogP contribution is -2.25. The molecule has 0 aliphatic rings. The van der Waals surface area contributed by atoms with Gasteiger partial charge in [-0.2, -0.15) is 0 Å². The molecule has 1 rings (SSSR count). The Hall–Kier alpha value is -2.74. The molecule has 0 aliphatic carbocycles. The number of esters is 3. The Morgan fingerprint density at radius 3 is 2.29 bits per heavy atom. The van der Waals surface area contributed by atoms with Crippen molar-refractivity contribution in [3.8, 4) is 5.75 Å². The summed E-state index contributed by atoms with van der Waals surface area (Å²) in [7, 11) is 2.48. The first-order chi connectivity index (χ1) is 13.0. The summed E-state index contributed by atoms with van der Waals surface area (Å²) in [4.78, 5) is 35.9. The fourth-order valence-corrected chi connectivity index (χ4v) is 2.21. The fourth-order valence-electron chi connectivity index (χ4n) is 1.99. The zero-order valence-electron chi connectivity index (χ0n) is 16.6. The molecular formula is C19H23ClO8. The molecule has 1 aromatic carbocycles. The van der Waals surface area contributed by atoms with Gasteiger partial charge in [-0.1, -0.05) is 11.6 Å². The van der Waals surface area contributed by atoms with Gasteiger partial charge >= 0.3 is 17.9 Å². The van der Waals surface area contributed by atoms with E-state index in [1.165, 1.54) is 26.2 Å². The molecule has 0 atom stereocenters. The largest absolute Gasteiger partial charge is 0.500 e. The van der Waals surface area contributed by atoms with E-state index >= 15 is 0 Å². The third kappa shape index (κ3) is 6.77. The summed E-state index contributed by atoms with van der Waals surface area (Å²) in [5.74, 6) is -2.51. The second kappa shape index (κ2) is 9.98. The molecule has 0 N–H and O–H groups in total. The molecule has 0 radical (unpaired) electrons. The van der Waals surface area contributed by atoms with E-state index in [-0.39, 0.29) is 34.3 Å². The molecule has 0 unspecified atom stereocenters. The Balaban J connectivity index is 3.51. The van der Waals surface area contributed by atoms with Crippen molar-refractivity contribution in [2.45, 2.75) is 39.9 Å². The van der Waals surface area contributed by atoms with Crippen molar-refractivity contribution in [2.75, 3.05) is 14.2 Å². The average molecular weight is 415 g/mol. The zero-order valence-corrected chi connectivity index (χ0v) is 17.3. The van der Waals surface area contributed by atoms with Crippen molar-refractivity contribution >= 4 is 29.5 Å². The molecule has 0 fully saturated rings. The van der Waals surface area contributed by atoms with Gasteiger partial charge in [-0.05, 0) is 32.9 Å². The molecule has 9 heteroatoms. The molecule has 0 aromatic heterocycles. The van der Waals surface area contributed by atoms with Gasteiger partial charge in [-0.15, -0.1) is 0 Å². The summed E-state index contributed by atoms with van der Waals surface area (Å²) < 4.78 is 25.4. The monoisotopic (exact) mass is 414 g/mol. The van der Waals surface area contributed by atoms with Crippen molar-refractivity contribution in [1.29, 1.82) is 0 Å². The third-order valence-corrected chi connectivity index (χ3v) is 3.43. The van der Waals surface area contributed by atoms with Crippen LogP contribution in [-0.2, 0) is 35.1 Å². The van der Waals surface area contributed by atoms with E-state index in [0.29, 0.717) is 0 Å². The SMILES string of the molecule is COC=C(Oc1ccc(Cl)c(COC(C)=O)c1C(=O)OC(C)(C)C)C(=O)OC. The van der Waals surface area contributed by atoms with E-state index in [1.807, 2.05) is 0 Å². The first-order valence-corrected chi connectivity index (χ1v) is 8.55. The number of rotatable bonds is 7. The van der Waals surface area contributed by atoms with Gasteiger partial charge in [0.2, 0.25) is 5.76 Å². The Kier molecular flexibility index (Phi) is 8.31. The molecule has 0 spiro atoms. The van der Waals surface area contributed by atoms with Crippen LogP contribution in [0.5, 0.6) is 5.75 Å². The molecule has 8 nitrogen and oxygen atoms in total. The Morgan fingerprint density at radius 1 is 1.14 bits per heavy atom. The summed E-state index contributed by atoms with van der Waals surface area (Å²) in [5.41, 5.74) is -0.733. The molecule has 154 valence electrons. The van der Waals surface area contributed by atoms with Gasteiger partial charge in [0, 0.05) is 17.5 Å². The lowest BCUT2D eigenvalue weighted by atomic mass is 10.1. The van der Waals surface area contributed by atoms with Crippen molar-refractivity contribution < 1.29 is 38.1 Å². The Bertz CT molecular complexity index is 777. The van der Waals surface area contributed by atoms with Crippen molar-refractivity contribution in [1.82, 2.24) is 0 Å². The number of benzene rings is 1. The van der Waals surface area contributed by atoms with Gasteiger partial charge in [-0.25, -0.2) is 9.59 Å².